The van der Waals surface area contributed by atoms with Crippen molar-refractivity contribution in [2.24, 2.45) is 0 Å². The summed E-state index contributed by atoms with van der Waals surface area (Å²) in [7, 11) is 0. The summed E-state index contributed by atoms with van der Waals surface area (Å²) in [5, 5.41) is 2.89. The number of carbonyl (C=O) groups is 1. The minimum Gasteiger partial charge on any atom is -0.306 e. The van der Waals surface area contributed by atoms with Crippen LogP contribution < -0.4 is 5.32 Å². The molecule has 0 spiro atoms. The third-order valence-electron chi connectivity index (χ3n) is 3.22. The van der Waals surface area contributed by atoms with Crippen LogP contribution in [-0.4, -0.2) is 10.9 Å². The highest BCUT2D eigenvalue weighted by molar-refractivity contribution is 7.14. The molecule has 0 fully saturated rings. The third-order valence-corrected chi connectivity index (χ3v) is 4.46. The topological polar surface area (TPSA) is 42.0 Å². The van der Waals surface area contributed by atoms with Crippen LogP contribution in [0.1, 0.15) is 45.9 Å². The summed E-state index contributed by atoms with van der Waals surface area (Å²) in [6, 6.07) is 5.82. The van der Waals surface area contributed by atoms with Gasteiger partial charge in [0.25, 0.3) is 5.91 Å². The molecule has 0 saturated heterocycles. The Morgan fingerprint density at radius 2 is 2.20 bits per heavy atom. The van der Waals surface area contributed by atoms with E-state index in [1.807, 2.05) is 25.1 Å². The molecule has 2 aromatic rings. The maximum Gasteiger partial charge on any atom is 0.266 e. The molecule has 2 heterocycles. The summed E-state index contributed by atoms with van der Waals surface area (Å²) in [6.07, 6.45) is 4.82. The van der Waals surface area contributed by atoms with E-state index in [-0.39, 0.29) is 5.91 Å². The monoisotopic (exact) mass is 288 g/mol. The number of amides is 1. The SMILES string of the molecule is CCCc1sc(C(=O)Nc2ncccc2C)cc1CC. The van der Waals surface area contributed by atoms with Gasteiger partial charge in [0.1, 0.15) is 5.82 Å². The van der Waals surface area contributed by atoms with E-state index in [1.54, 1.807) is 17.5 Å². The van der Waals surface area contributed by atoms with Crippen molar-refractivity contribution >= 4 is 23.1 Å². The van der Waals surface area contributed by atoms with Gasteiger partial charge >= 0.3 is 0 Å². The van der Waals surface area contributed by atoms with E-state index >= 15 is 0 Å². The highest BCUT2D eigenvalue weighted by Gasteiger charge is 2.14. The van der Waals surface area contributed by atoms with Crippen LogP contribution in [0.15, 0.2) is 24.4 Å². The highest BCUT2D eigenvalue weighted by Crippen LogP contribution is 2.25. The largest absolute Gasteiger partial charge is 0.306 e. The quantitative estimate of drug-likeness (QED) is 0.895. The number of nitrogens with zero attached hydrogens (tertiary/aromatic N) is 1. The number of aryl methyl sites for hydroxylation is 3. The van der Waals surface area contributed by atoms with Gasteiger partial charge in [0, 0.05) is 11.1 Å². The Hall–Kier alpha value is -1.68. The number of thiophene rings is 1. The van der Waals surface area contributed by atoms with Gasteiger partial charge < -0.3 is 5.32 Å². The van der Waals surface area contributed by atoms with Gasteiger partial charge in [0.2, 0.25) is 0 Å². The molecule has 0 aliphatic rings. The molecule has 1 N–H and O–H groups in total. The summed E-state index contributed by atoms with van der Waals surface area (Å²) in [4.78, 5) is 18.6. The van der Waals surface area contributed by atoms with Crippen LogP contribution in [0.2, 0.25) is 0 Å². The number of nitrogens with one attached hydrogen (secondary N) is 1. The number of aromatic nitrogens is 1. The highest BCUT2D eigenvalue weighted by atomic mass is 32.1. The van der Waals surface area contributed by atoms with Crippen LogP contribution in [0.5, 0.6) is 0 Å². The lowest BCUT2D eigenvalue weighted by Crippen LogP contribution is -2.12. The van der Waals surface area contributed by atoms with Crippen molar-refractivity contribution in [2.75, 3.05) is 5.32 Å². The molecular formula is C16H20N2OS. The van der Waals surface area contributed by atoms with Gasteiger partial charge in [-0.2, -0.15) is 0 Å². The van der Waals surface area contributed by atoms with Crippen molar-refractivity contribution in [1.82, 2.24) is 4.98 Å². The normalized spacial score (nSPS) is 10.6. The Morgan fingerprint density at radius 1 is 1.40 bits per heavy atom. The Labute approximate surface area is 124 Å². The van der Waals surface area contributed by atoms with Gasteiger partial charge in [-0.1, -0.05) is 26.3 Å². The predicted octanol–water partition coefficient (Wildman–Crippen LogP) is 4.22. The standard InChI is InChI=1S/C16H20N2OS/c1-4-7-13-12(5-2)10-14(20-13)16(19)18-15-11(3)8-6-9-17-15/h6,8-10H,4-5,7H2,1-3H3,(H,17,18,19). The first-order valence-corrected chi connectivity index (χ1v) is 7.81. The lowest BCUT2D eigenvalue weighted by Gasteiger charge is -2.05. The Bertz CT molecular complexity index is 604. The molecule has 2 aromatic heterocycles. The Balaban J connectivity index is 2.19. The van der Waals surface area contributed by atoms with Crippen molar-refractivity contribution < 1.29 is 4.79 Å². The molecule has 0 aliphatic carbocycles. The summed E-state index contributed by atoms with van der Waals surface area (Å²) in [5.41, 5.74) is 2.27. The van der Waals surface area contributed by atoms with E-state index in [0.717, 1.165) is 29.7 Å². The number of hydrogen-bond acceptors (Lipinski definition) is 3. The van der Waals surface area contributed by atoms with Crippen LogP contribution in [0, 0.1) is 6.92 Å². The van der Waals surface area contributed by atoms with Gasteiger partial charge in [-0.05, 0) is 43.0 Å². The van der Waals surface area contributed by atoms with E-state index in [2.05, 4.69) is 24.1 Å². The lowest BCUT2D eigenvalue weighted by atomic mass is 10.1. The molecule has 106 valence electrons. The first-order valence-electron chi connectivity index (χ1n) is 7.00. The second-order valence-corrected chi connectivity index (χ2v) is 5.92. The van der Waals surface area contributed by atoms with Gasteiger partial charge in [-0.15, -0.1) is 11.3 Å². The first-order chi connectivity index (χ1) is 9.65. The van der Waals surface area contributed by atoms with Crippen LogP contribution >= 0.6 is 11.3 Å². The number of rotatable bonds is 5. The molecule has 20 heavy (non-hydrogen) atoms. The zero-order valence-corrected chi connectivity index (χ0v) is 13.0. The summed E-state index contributed by atoms with van der Waals surface area (Å²) in [6.45, 7) is 6.24. The maximum atomic E-state index is 12.3. The fourth-order valence-corrected chi connectivity index (χ4v) is 3.35. The minimum absolute atomic E-state index is 0.0612. The van der Waals surface area contributed by atoms with Crippen molar-refractivity contribution in [3.63, 3.8) is 0 Å². The van der Waals surface area contributed by atoms with E-state index in [9.17, 15) is 4.79 Å². The molecule has 0 radical (unpaired) electrons. The Morgan fingerprint density at radius 3 is 2.85 bits per heavy atom. The van der Waals surface area contributed by atoms with Crippen LogP contribution in [0.25, 0.3) is 0 Å². The predicted molar refractivity (Wildman–Crippen MR) is 84.6 cm³/mol. The third kappa shape index (κ3) is 3.25. The molecule has 0 atom stereocenters. The average molecular weight is 288 g/mol. The molecule has 1 amide bonds. The van der Waals surface area contributed by atoms with E-state index in [1.165, 1.54) is 10.4 Å². The number of hydrogen-bond donors (Lipinski definition) is 1. The van der Waals surface area contributed by atoms with E-state index < -0.39 is 0 Å². The summed E-state index contributed by atoms with van der Waals surface area (Å²) in [5.74, 6) is 0.579. The summed E-state index contributed by atoms with van der Waals surface area (Å²) >= 11 is 1.60. The first kappa shape index (κ1) is 14.7. The van der Waals surface area contributed by atoms with Crippen LogP contribution in [-0.2, 0) is 12.8 Å². The fourth-order valence-electron chi connectivity index (χ4n) is 2.10. The fraction of sp³-hybridized carbons (Fsp3) is 0.375. The number of pyridine rings is 1. The van der Waals surface area contributed by atoms with Gasteiger partial charge in [-0.3, -0.25) is 4.79 Å². The molecule has 3 nitrogen and oxygen atoms in total. The van der Waals surface area contributed by atoms with Crippen molar-refractivity contribution in [1.29, 1.82) is 0 Å². The molecule has 0 unspecified atom stereocenters. The van der Waals surface area contributed by atoms with Gasteiger partial charge in [0.15, 0.2) is 0 Å². The molecule has 0 bridgehead atoms. The number of carbonyl (C=O) groups excluding carboxylic acids is 1. The van der Waals surface area contributed by atoms with Crippen molar-refractivity contribution in [3.8, 4) is 0 Å². The zero-order valence-electron chi connectivity index (χ0n) is 12.2. The lowest BCUT2D eigenvalue weighted by molar-refractivity contribution is 0.103. The van der Waals surface area contributed by atoms with Crippen molar-refractivity contribution in [2.45, 2.75) is 40.0 Å². The molecule has 4 heteroatoms. The second-order valence-electron chi connectivity index (χ2n) is 4.79. The van der Waals surface area contributed by atoms with E-state index in [0.29, 0.717) is 5.82 Å². The molecule has 0 aliphatic heterocycles. The molecule has 0 saturated carbocycles. The maximum absolute atomic E-state index is 12.3. The molecule has 2 rings (SSSR count). The smallest absolute Gasteiger partial charge is 0.266 e. The van der Waals surface area contributed by atoms with Crippen LogP contribution in [0.3, 0.4) is 0 Å². The van der Waals surface area contributed by atoms with E-state index in [4.69, 9.17) is 0 Å². The second kappa shape index (κ2) is 6.66. The van der Waals surface area contributed by atoms with Crippen LogP contribution in [0.4, 0.5) is 5.82 Å². The average Bonchev–Trinajstić information content (AvgIpc) is 2.85. The molecule has 0 aromatic carbocycles. The minimum atomic E-state index is -0.0612. The Kier molecular flexibility index (Phi) is 4.90. The van der Waals surface area contributed by atoms with Gasteiger partial charge in [0.05, 0.1) is 4.88 Å². The van der Waals surface area contributed by atoms with Crippen molar-refractivity contribution in [3.05, 3.63) is 45.3 Å². The summed E-state index contributed by atoms with van der Waals surface area (Å²) < 4.78 is 0. The zero-order chi connectivity index (χ0) is 14.5. The number of anilines is 1. The van der Waals surface area contributed by atoms with Gasteiger partial charge in [-0.25, -0.2) is 4.98 Å². The molecular weight excluding hydrogens is 268 g/mol.